The van der Waals surface area contributed by atoms with Gasteiger partial charge in [0.1, 0.15) is 0 Å². The van der Waals surface area contributed by atoms with Crippen LogP contribution in [-0.4, -0.2) is 43.1 Å². The quantitative estimate of drug-likeness (QED) is 0.891. The van der Waals surface area contributed by atoms with Gasteiger partial charge in [-0.25, -0.2) is 14.6 Å². The molecule has 8 heteroatoms. The van der Waals surface area contributed by atoms with Gasteiger partial charge in [-0.15, -0.1) is 0 Å². The first-order valence-corrected chi connectivity index (χ1v) is 8.39. The van der Waals surface area contributed by atoms with E-state index in [9.17, 15) is 9.59 Å². The van der Waals surface area contributed by atoms with Gasteiger partial charge in [0.05, 0.1) is 17.8 Å². The summed E-state index contributed by atoms with van der Waals surface area (Å²) in [6, 6.07) is 3.01. The molecule has 0 unspecified atom stereocenters. The van der Waals surface area contributed by atoms with Crippen LogP contribution in [0.25, 0.3) is 0 Å². The minimum absolute atomic E-state index is 0.0337. The first-order chi connectivity index (χ1) is 12.0. The third-order valence-electron chi connectivity index (χ3n) is 4.35. The van der Waals surface area contributed by atoms with Gasteiger partial charge < -0.3 is 0 Å². The fourth-order valence-electron chi connectivity index (χ4n) is 2.88. The summed E-state index contributed by atoms with van der Waals surface area (Å²) in [5.74, 6) is 0.122. The summed E-state index contributed by atoms with van der Waals surface area (Å²) in [5.41, 5.74) is 1.72. The maximum atomic E-state index is 12.4. The Morgan fingerprint density at radius 2 is 1.96 bits per heavy atom. The van der Waals surface area contributed by atoms with Gasteiger partial charge in [0.25, 0.3) is 5.56 Å². The largest absolute Gasteiger partial charge is 0.293 e. The van der Waals surface area contributed by atoms with Gasteiger partial charge in [0, 0.05) is 38.0 Å². The SMILES string of the molecule is CC(C)n1nc2c(cc1=O)CN([C@@H](C)C(=O)Nc1ncccn1)CC2. The monoisotopic (exact) mass is 342 g/mol. The molecule has 132 valence electrons. The molecule has 8 nitrogen and oxygen atoms in total. The highest BCUT2D eigenvalue weighted by atomic mass is 16.2. The third kappa shape index (κ3) is 3.74. The second-order valence-corrected chi connectivity index (χ2v) is 6.45. The molecule has 1 amide bonds. The van der Waals surface area contributed by atoms with Crippen LogP contribution >= 0.6 is 0 Å². The molecule has 25 heavy (non-hydrogen) atoms. The molecular weight excluding hydrogens is 320 g/mol. The summed E-state index contributed by atoms with van der Waals surface area (Å²) in [7, 11) is 0. The molecule has 1 aliphatic heterocycles. The summed E-state index contributed by atoms with van der Waals surface area (Å²) < 4.78 is 1.51. The van der Waals surface area contributed by atoms with E-state index in [1.807, 2.05) is 25.7 Å². The number of hydrogen-bond acceptors (Lipinski definition) is 6. The molecule has 0 fully saturated rings. The Labute approximate surface area is 145 Å². The van der Waals surface area contributed by atoms with Crippen molar-refractivity contribution < 1.29 is 4.79 Å². The molecule has 0 radical (unpaired) electrons. The van der Waals surface area contributed by atoms with Gasteiger partial charge in [-0.3, -0.25) is 19.8 Å². The van der Waals surface area contributed by atoms with Crippen molar-refractivity contribution in [3.63, 3.8) is 0 Å². The molecule has 0 spiro atoms. The second kappa shape index (κ2) is 7.10. The molecule has 0 saturated carbocycles. The van der Waals surface area contributed by atoms with E-state index in [0.717, 1.165) is 11.3 Å². The topological polar surface area (TPSA) is 93.0 Å². The average Bonchev–Trinajstić information content (AvgIpc) is 2.60. The summed E-state index contributed by atoms with van der Waals surface area (Å²) in [6.45, 7) is 6.95. The Kier molecular flexibility index (Phi) is 4.89. The van der Waals surface area contributed by atoms with Gasteiger partial charge in [-0.1, -0.05) is 0 Å². The van der Waals surface area contributed by atoms with E-state index in [0.29, 0.717) is 25.5 Å². The fourth-order valence-corrected chi connectivity index (χ4v) is 2.88. The lowest BCUT2D eigenvalue weighted by Crippen LogP contribution is -2.45. The number of nitrogens with zero attached hydrogens (tertiary/aromatic N) is 5. The van der Waals surface area contributed by atoms with Crippen molar-refractivity contribution in [1.29, 1.82) is 0 Å². The first-order valence-electron chi connectivity index (χ1n) is 8.39. The minimum Gasteiger partial charge on any atom is -0.293 e. The number of hydrogen-bond donors (Lipinski definition) is 1. The molecule has 0 aromatic carbocycles. The highest BCUT2D eigenvalue weighted by Crippen LogP contribution is 2.18. The lowest BCUT2D eigenvalue weighted by atomic mass is 10.0. The van der Waals surface area contributed by atoms with Crippen molar-refractivity contribution in [2.24, 2.45) is 0 Å². The Bertz CT molecular complexity index is 818. The zero-order valence-electron chi connectivity index (χ0n) is 14.6. The highest BCUT2D eigenvalue weighted by molar-refractivity contribution is 5.93. The third-order valence-corrected chi connectivity index (χ3v) is 4.35. The zero-order chi connectivity index (χ0) is 18.0. The standard InChI is InChI=1S/C17H22N6O2/c1-11(2)23-15(24)9-13-10-22(8-5-14(13)21-23)12(3)16(25)20-17-18-6-4-7-19-17/h4,6-7,9,11-12H,5,8,10H2,1-3H3,(H,18,19,20,25)/t12-/m0/s1. The number of anilines is 1. The van der Waals surface area contributed by atoms with E-state index in [2.05, 4.69) is 20.4 Å². The highest BCUT2D eigenvalue weighted by Gasteiger charge is 2.27. The minimum atomic E-state index is -0.357. The van der Waals surface area contributed by atoms with Crippen LogP contribution in [0.15, 0.2) is 29.3 Å². The number of carbonyl (C=O) groups excluding carboxylic acids is 1. The van der Waals surface area contributed by atoms with Gasteiger partial charge >= 0.3 is 0 Å². The number of fused-ring (bicyclic) bond motifs is 1. The average molecular weight is 342 g/mol. The van der Waals surface area contributed by atoms with Crippen LogP contribution in [0.4, 0.5) is 5.95 Å². The first kappa shape index (κ1) is 17.2. The van der Waals surface area contributed by atoms with Gasteiger partial charge in [0.2, 0.25) is 11.9 Å². The van der Waals surface area contributed by atoms with Crippen molar-refractivity contribution in [2.75, 3.05) is 11.9 Å². The Hall–Kier alpha value is -2.61. The summed E-state index contributed by atoms with van der Waals surface area (Å²) in [6.07, 6.45) is 3.87. The van der Waals surface area contributed by atoms with E-state index >= 15 is 0 Å². The normalized spacial score (nSPS) is 15.7. The maximum absolute atomic E-state index is 12.4. The van der Waals surface area contributed by atoms with E-state index < -0.39 is 0 Å². The predicted octanol–water partition coefficient (Wildman–Crippen LogP) is 0.999. The molecule has 3 rings (SSSR count). The Balaban J connectivity index is 1.72. The number of nitrogens with one attached hydrogen (secondary N) is 1. The Morgan fingerprint density at radius 3 is 2.64 bits per heavy atom. The number of aromatic nitrogens is 4. The van der Waals surface area contributed by atoms with Crippen LogP contribution in [0.2, 0.25) is 0 Å². The molecule has 2 aromatic rings. The summed E-state index contributed by atoms with van der Waals surface area (Å²) >= 11 is 0. The van der Waals surface area contributed by atoms with Crippen LogP contribution in [-0.2, 0) is 17.8 Å². The second-order valence-electron chi connectivity index (χ2n) is 6.45. The van der Waals surface area contributed by atoms with Crippen molar-refractivity contribution in [2.45, 2.75) is 45.8 Å². The van der Waals surface area contributed by atoms with Crippen molar-refractivity contribution in [1.82, 2.24) is 24.6 Å². The Morgan fingerprint density at radius 1 is 1.24 bits per heavy atom. The molecule has 2 aromatic heterocycles. The lowest BCUT2D eigenvalue weighted by Gasteiger charge is -2.32. The van der Waals surface area contributed by atoms with Crippen molar-refractivity contribution >= 4 is 11.9 Å². The molecule has 0 saturated heterocycles. The fraction of sp³-hybridized carbons (Fsp3) is 0.471. The van der Waals surface area contributed by atoms with Crippen molar-refractivity contribution in [3.05, 3.63) is 46.1 Å². The van der Waals surface area contributed by atoms with Gasteiger partial charge in [-0.2, -0.15) is 5.10 Å². The van der Waals surface area contributed by atoms with Crippen LogP contribution in [0.3, 0.4) is 0 Å². The molecule has 3 heterocycles. The van der Waals surface area contributed by atoms with Crippen LogP contribution in [0.1, 0.15) is 38.1 Å². The number of rotatable bonds is 4. The van der Waals surface area contributed by atoms with Crippen LogP contribution in [0, 0.1) is 0 Å². The van der Waals surface area contributed by atoms with Crippen LogP contribution < -0.4 is 10.9 Å². The number of amides is 1. The predicted molar refractivity (Wildman–Crippen MR) is 93.1 cm³/mol. The molecular formula is C17H22N6O2. The van der Waals surface area contributed by atoms with Gasteiger partial charge in [-0.05, 0) is 32.4 Å². The number of carbonyl (C=O) groups is 1. The maximum Gasteiger partial charge on any atom is 0.267 e. The van der Waals surface area contributed by atoms with Crippen molar-refractivity contribution in [3.8, 4) is 0 Å². The molecule has 1 atom stereocenters. The smallest absolute Gasteiger partial charge is 0.267 e. The summed E-state index contributed by atoms with van der Waals surface area (Å²) in [5, 5.41) is 7.19. The van der Waals surface area contributed by atoms with Crippen LogP contribution in [0.5, 0.6) is 0 Å². The molecule has 0 bridgehead atoms. The summed E-state index contributed by atoms with van der Waals surface area (Å²) in [4.78, 5) is 34.6. The van der Waals surface area contributed by atoms with E-state index in [-0.39, 0.29) is 23.6 Å². The zero-order valence-corrected chi connectivity index (χ0v) is 14.6. The van der Waals surface area contributed by atoms with E-state index in [1.54, 1.807) is 24.5 Å². The molecule has 1 N–H and O–H groups in total. The molecule has 0 aliphatic carbocycles. The van der Waals surface area contributed by atoms with E-state index in [1.165, 1.54) is 4.68 Å². The van der Waals surface area contributed by atoms with E-state index in [4.69, 9.17) is 0 Å². The van der Waals surface area contributed by atoms with Gasteiger partial charge in [0.15, 0.2) is 0 Å². The lowest BCUT2D eigenvalue weighted by molar-refractivity contribution is -0.121. The molecule has 1 aliphatic rings.